The minimum absolute atomic E-state index is 0.885. The van der Waals surface area contributed by atoms with Crippen LogP contribution in [0.1, 0.15) is 0 Å². The predicted molar refractivity (Wildman–Crippen MR) is 159 cm³/mol. The van der Waals surface area contributed by atoms with E-state index in [9.17, 15) is 0 Å². The van der Waals surface area contributed by atoms with Crippen LogP contribution >= 0.6 is 15.9 Å². The van der Waals surface area contributed by atoms with Crippen molar-refractivity contribution in [3.63, 3.8) is 0 Å². The summed E-state index contributed by atoms with van der Waals surface area (Å²) in [5, 5.41) is 4.70. The number of para-hydroxylation sites is 1. The molecule has 2 nitrogen and oxygen atoms in total. The molecule has 176 valence electrons. The van der Waals surface area contributed by atoms with Gasteiger partial charge < -0.3 is 9.32 Å². The Hall–Kier alpha value is -4.34. The number of hydrogen-bond donors (Lipinski definition) is 0. The highest BCUT2D eigenvalue weighted by Crippen LogP contribution is 2.40. The number of anilines is 3. The second-order valence-electron chi connectivity index (χ2n) is 9.20. The third-order valence-electron chi connectivity index (χ3n) is 6.91. The van der Waals surface area contributed by atoms with Gasteiger partial charge in [-0.25, -0.2) is 0 Å². The summed E-state index contributed by atoms with van der Waals surface area (Å²) in [7, 11) is 0. The van der Waals surface area contributed by atoms with Crippen molar-refractivity contribution in [1.82, 2.24) is 0 Å². The number of halogens is 1. The number of fused-ring (bicyclic) bond motifs is 4. The molecule has 7 aromatic rings. The molecular weight excluding hydrogens is 518 g/mol. The lowest BCUT2D eigenvalue weighted by atomic mass is 10.0. The summed E-state index contributed by atoms with van der Waals surface area (Å²) in [6.45, 7) is 0. The second kappa shape index (κ2) is 8.95. The first-order valence-electron chi connectivity index (χ1n) is 12.3. The van der Waals surface area contributed by atoms with E-state index in [1.54, 1.807) is 0 Å². The first kappa shape index (κ1) is 21.9. The van der Waals surface area contributed by atoms with Gasteiger partial charge in [-0.15, -0.1) is 0 Å². The van der Waals surface area contributed by atoms with Crippen LogP contribution in [0.25, 0.3) is 43.8 Å². The first-order valence-corrected chi connectivity index (χ1v) is 13.1. The molecule has 37 heavy (non-hydrogen) atoms. The van der Waals surface area contributed by atoms with Crippen LogP contribution in [-0.2, 0) is 0 Å². The molecule has 0 atom stereocenters. The third kappa shape index (κ3) is 3.98. The number of nitrogens with zero attached hydrogens (tertiary/aromatic N) is 1. The van der Waals surface area contributed by atoms with Gasteiger partial charge in [-0.1, -0.05) is 88.7 Å². The van der Waals surface area contributed by atoms with E-state index in [0.29, 0.717) is 0 Å². The molecule has 0 aliphatic carbocycles. The fourth-order valence-corrected chi connectivity index (χ4v) is 5.33. The summed E-state index contributed by atoms with van der Waals surface area (Å²) >= 11 is 3.53. The summed E-state index contributed by atoms with van der Waals surface area (Å²) in [6.07, 6.45) is 0. The van der Waals surface area contributed by atoms with Gasteiger partial charge in [0.25, 0.3) is 0 Å². The van der Waals surface area contributed by atoms with Crippen LogP contribution in [0.3, 0.4) is 0 Å². The number of furan rings is 1. The zero-order valence-corrected chi connectivity index (χ0v) is 21.5. The first-order chi connectivity index (χ1) is 18.2. The van der Waals surface area contributed by atoms with E-state index in [2.05, 4.69) is 142 Å². The Morgan fingerprint density at radius 2 is 1.05 bits per heavy atom. The predicted octanol–water partition coefficient (Wildman–Crippen LogP) is 10.6. The second-order valence-corrected chi connectivity index (χ2v) is 10.1. The topological polar surface area (TPSA) is 16.4 Å². The van der Waals surface area contributed by atoms with Crippen LogP contribution in [0.5, 0.6) is 0 Å². The van der Waals surface area contributed by atoms with Crippen LogP contribution < -0.4 is 4.90 Å². The minimum atomic E-state index is 0.885. The smallest absolute Gasteiger partial charge is 0.137 e. The van der Waals surface area contributed by atoms with Crippen LogP contribution in [0, 0.1) is 0 Å². The molecular formula is C34H22BrNO. The third-order valence-corrected chi connectivity index (χ3v) is 7.44. The van der Waals surface area contributed by atoms with Crippen molar-refractivity contribution in [2.45, 2.75) is 0 Å². The minimum Gasteiger partial charge on any atom is -0.456 e. The van der Waals surface area contributed by atoms with Crippen molar-refractivity contribution in [1.29, 1.82) is 0 Å². The molecule has 0 aliphatic rings. The van der Waals surface area contributed by atoms with Crippen molar-refractivity contribution >= 4 is 65.7 Å². The van der Waals surface area contributed by atoms with Gasteiger partial charge in [-0.05, 0) is 76.5 Å². The molecule has 0 amide bonds. The van der Waals surface area contributed by atoms with Gasteiger partial charge >= 0.3 is 0 Å². The van der Waals surface area contributed by atoms with Gasteiger partial charge in [-0.3, -0.25) is 0 Å². The van der Waals surface area contributed by atoms with E-state index in [-0.39, 0.29) is 0 Å². The lowest BCUT2D eigenvalue weighted by Crippen LogP contribution is -2.09. The average molecular weight is 540 g/mol. The molecule has 3 heteroatoms. The Kier molecular flexibility index (Phi) is 5.30. The molecule has 0 fully saturated rings. The summed E-state index contributed by atoms with van der Waals surface area (Å²) in [5.41, 5.74) is 7.41. The fraction of sp³-hybridized carbons (Fsp3) is 0. The highest BCUT2D eigenvalue weighted by Gasteiger charge is 2.16. The van der Waals surface area contributed by atoms with Crippen molar-refractivity contribution in [2.24, 2.45) is 0 Å². The molecule has 0 spiro atoms. The van der Waals surface area contributed by atoms with E-state index < -0.39 is 0 Å². The fourth-order valence-electron chi connectivity index (χ4n) is 5.06. The number of benzene rings is 6. The molecule has 0 unspecified atom stereocenters. The zero-order valence-electron chi connectivity index (χ0n) is 19.9. The Morgan fingerprint density at radius 1 is 0.459 bits per heavy atom. The van der Waals surface area contributed by atoms with Crippen LogP contribution in [0.4, 0.5) is 17.1 Å². The van der Waals surface area contributed by atoms with Gasteiger partial charge in [0.2, 0.25) is 0 Å². The van der Waals surface area contributed by atoms with Crippen molar-refractivity contribution in [3.8, 4) is 11.1 Å². The highest BCUT2D eigenvalue weighted by molar-refractivity contribution is 9.10. The summed E-state index contributed by atoms with van der Waals surface area (Å²) < 4.78 is 7.32. The summed E-state index contributed by atoms with van der Waals surface area (Å²) in [6, 6.07) is 47.0. The zero-order chi connectivity index (χ0) is 24.8. The Bertz CT molecular complexity index is 1880. The molecule has 0 saturated carbocycles. The monoisotopic (exact) mass is 539 g/mol. The van der Waals surface area contributed by atoms with E-state index in [0.717, 1.165) is 43.5 Å². The molecule has 6 aromatic carbocycles. The van der Waals surface area contributed by atoms with Crippen LogP contribution in [-0.4, -0.2) is 0 Å². The number of hydrogen-bond acceptors (Lipinski definition) is 2. The van der Waals surface area contributed by atoms with Gasteiger partial charge in [0.05, 0.1) is 0 Å². The normalized spacial score (nSPS) is 11.4. The lowest BCUT2D eigenvalue weighted by Gasteiger charge is -2.26. The van der Waals surface area contributed by atoms with E-state index in [4.69, 9.17) is 4.42 Å². The van der Waals surface area contributed by atoms with Gasteiger partial charge in [0.15, 0.2) is 0 Å². The van der Waals surface area contributed by atoms with Crippen molar-refractivity contribution < 1.29 is 4.42 Å². The average Bonchev–Trinajstić information content (AvgIpc) is 3.32. The standard InChI is InChI=1S/C34H22BrNO/c35-27-14-9-24(10-15-27)25-11-16-28(17-12-25)36(29-18-13-23-5-1-2-6-26(23)21-29)30-19-20-32-31-7-3-4-8-33(31)37-34(32)22-30/h1-22H. The Morgan fingerprint density at radius 3 is 1.86 bits per heavy atom. The molecule has 0 radical (unpaired) electrons. The van der Waals surface area contributed by atoms with Crippen molar-refractivity contribution in [3.05, 3.63) is 138 Å². The lowest BCUT2D eigenvalue weighted by molar-refractivity contribution is 0.669. The van der Waals surface area contributed by atoms with Crippen LogP contribution in [0.2, 0.25) is 0 Å². The van der Waals surface area contributed by atoms with Gasteiger partial charge in [0, 0.05) is 38.4 Å². The molecule has 0 aliphatic heterocycles. The van der Waals surface area contributed by atoms with E-state index in [1.807, 2.05) is 12.1 Å². The Labute approximate surface area is 223 Å². The maximum absolute atomic E-state index is 6.24. The van der Waals surface area contributed by atoms with Crippen molar-refractivity contribution in [2.75, 3.05) is 4.90 Å². The summed E-state index contributed by atoms with van der Waals surface area (Å²) in [4.78, 5) is 2.30. The SMILES string of the molecule is Brc1ccc(-c2ccc(N(c3ccc4ccccc4c3)c3ccc4c(c3)oc3ccccc34)cc2)cc1. The highest BCUT2D eigenvalue weighted by atomic mass is 79.9. The molecule has 1 aromatic heterocycles. The molecule has 0 N–H and O–H groups in total. The molecule has 0 saturated heterocycles. The van der Waals surface area contributed by atoms with E-state index in [1.165, 1.54) is 21.9 Å². The Balaban J connectivity index is 1.38. The maximum Gasteiger partial charge on any atom is 0.137 e. The molecule has 1 heterocycles. The number of rotatable bonds is 4. The molecule has 7 rings (SSSR count). The molecule has 0 bridgehead atoms. The van der Waals surface area contributed by atoms with Gasteiger partial charge in [0.1, 0.15) is 11.2 Å². The largest absolute Gasteiger partial charge is 0.456 e. The maximum atomic E-state index is 6.24. The quantitative estimate of drug-likeness (QED) is 0.221. The van der Waals surface area contributed by atoms with Gasteiger partial charge in [-0.2, -0.15) is 0 Å². The van der Waals surface area contributed by atoms with E-state index >= 15 is 0 Å². The summed E-state index contributed by atoms with van der Waals surface area (Å²) in [5.74, 6) is 0. The van der Waals surface area contributed by atoms with Crippen LogP contribution in [0.15, 0.2) is 142 Å².